The SMILES string of the molecule is Cc1cc(C)n(CC(=O)N2CCn3nc([C@H](O)CC(=O)N(C)C)cc3C2)n1. The number of nitrogens with zero attached hydrogens (tertiary/aromatic N) is 6. The minimum atomic E-state index is -0.947. The third-order valence-electron chi connectivity index (χ3n) is 4.77. The van der Waals surface area contributed by atoms with Gasteiger partial charge < -0.3 is 14.9 Å². The van der Waals surface area contributed by atoms with Crippen LogP contribution in [-0.4, -0.2) is 66.9 Å². The molecule has 2 aromatic rings. The molecule has 0 radical (unpaired) electrons. The smallest absolute Gasteiger partial charge is 0.244 e. The number of carbonyl (C=O) groups excluding carboxylic acids is 2. The normalized spacial score (nSPS) is 14.8. The van der Waals surface area contributed by atoms with Gasteiger partial charge in [0.15, 0.2) is 0 Å². The van der Waals surface area contributed by atoms with Crippen molar-refractivity contribution in [1.29, 1.82) is 0 Å². The maximum absolute atomic E-state index is 12.6. The Bertz CT molecular complexity index is 853. The summed E-state index contributed by atoms with van der Waals surface area (Å²) in [7, 11) is 3.30. The first kappa shape index (κ1) is 19.1. The highest BCUT2D eigenvalue weighted by Crippen LogP contribution is 2.21. The Morgan fingerprint density at radius 1 is 1.22 bits per heavy atom. The number of fused-ring (bicyclic) bond motifs is 1. The van der Waals surface area contributed by atoms with Gasteiger partial charge in [-0.3, -0.25) is 19.0 Å². The topological polar surface area (TPSA) is 96.5 Å². The number of amides is 2. The average Bonchev–Trinajstić information content (AvgIpc) is 3.16. The minimum Gasteiger partial charge on any atom is -0.386 e. The molecule has 1 atom stereocenters. The van der Waals surface area contributed by atoms with Crippen molar-refractivity contribution < 1.29 is 14.7 Å². The maximum atomic E-state index is 12.6. The highest BCUT2D eigenvalue weighted by Gasteiger charge is 2.25. The van der Waals surface area contributed by atoms with Crippen LogP contribution in [0.5, 0.6) is 0 Å². The van der Waals surface area contributed by atoms with E-state index in [0.717, 1.165) is 17.1 Å². The van der Waals surface area contributed by atoms with Gasteiger partial charge in [0.2, 0.25) is 11.8 Å². The molecule has 1 aliphatic rings. The molecule has 0 bridgehead atoms. The Labute approximate surface area is 158 Å². The summed E-state index contributed by atoms with van der Waals surface area (Å²) in [5, 5.41) is 19.0. The number of aliphatic hydroxyl groups excluding tert-OH is 1. The van der Waals surface area contributed by atoms with Crippen LogP contribution in [0.15, 0.2) is 12.1 Å². The summed E-state index contributed by atoms with van der Waals surface area (Å²) in [5.74, 6) is -0.159. The lowest BCUT2D eigenvalue weighted by molar-refractivity contribution is -0.133. The van der Waals surface area contributed by atoms with Gasteiger partial charge in [0.1, 0.15) is 12.6 Å². The van der Waals surface area contributed by atoms with E-state index in [-0.39, 0.29) is 24.8 Å². The molecule has 146 valence electrons. The largest absolute Gasteiger partial charge is 0.386 e. The summed E-state index contributed by atoms with van der Waals surface area (Å²) in [4.78, 5) is 27.6. The summed E-state index contributed by atoms with van der Waals surface area (Å²) in [6, 6.07) is 3.72. The molecular formula is C18H26N6O3. The van der Waals surface area contributed by atoms with Crippen LogP contribution in [-0.2, 0) is 29.2 Å². The first-order valence-electron chi connectivity index (χ1n) is 8.98. The fraction of sp³-hybridized carbons (Fsp3) is 0.556. The van der Waals surface area contributed by atoms with Crippen molar-refractivity contribution in [2.45, 2.75) is 46.0 Å². The van der Waals surface area contributed by atoms with Gasteiger partial charge in [0.05, 0.1) is 36.6 Å². The first-order valence-corrected chi connectivity index (χ1v) is 8.98. The summed E-state index contributed by atoms with van der Waals surface area (Å²) in [5.41, 5.74) is 3.17. The second-order valence-corrected chi connectivity index (χ2v) is 7.19. The lowest BCUT2D eigenvalue weighted by atomic mass is 10.1. The second kappa shape index (κ2) is 7.51. The maximum Gasteiger partial charge on any atom is 0.244 e. The van der Waals surface area contributed by atoms with Crippen LogP contribution in [0.1, 0.15) is 35.3 Å². The zero-order valence-electron chi connectivity index (χ0n) is 16.2. The molecule has 2 amide bonds. The molecule has 0 fully saturated rings. The fourth-order valence-electron chi connectivity index (χ4n) is 3.18. The van der Waals surface area contributed by atoms with Gasteiger partial charge in [-0.25, -0.2) is 0 Å². The molecule has 3 rings (SSSR count). The molecule has 9 nitrogen and oxygen atoms in total. The van der Waals surface area contributed by atoms with E-state index < -0.39 is 6.10 Å². The molecule has 9 heteroatoms. The van der Waals surface area contributed by atoms with Crippen LogP contribution in [0.2, 0.25) is 0 Å². The van der Waals surface area contributed by atoms with Crippen molar-refractivity contribution in [3.8, 4) is 0 Å². The second-order valence-electron chi connectivity index (χ2n) is 7.19. The number of aliphatic hydroxyl groups is 1. The van der Waals surface area contributed by atoms with Crippen molar-refractivity contribution in [2.75, 3.05) is 20.6 Å². The third kappa shape index (κ3) is 4.19. The zero-order valence-corrected chi connectivity index (χ0v) is 16.2. The van der Waals surface area contributed by atoms with Crippen LogP contribution >= 0.6 is 0 Å². The van der Waals surface area contributed by atoms with E-state index in [4.69, 9.17) is 0 Å². The van der Waals surface area contributed by atoms with Gasteiger partial charge in [-0.1, -0.05) is 0 Å². The molecular weight excluding hydrogens is 348 g/mol. The number of aromatic nitrogens is 4. The fourth-order valence-corrected chi connectivity index (χ4v) is 3.18. The Morgan fingerprint density at radius 2 is 1.96 bits per heavy atom. The zero-order chi connectivity index (χ0) is 19.7. The molecule has 2 aromatic heterocycles. The van der Waals surface area contributed by atoms with Gasteiger partial charge in [-0.15, -0.1) is 0 Å². The van der Waals surface area contributed by atoms with Gasteiger partial charge in [0.25, 0.3) is 0 Å². The van der Waals surface area contributed by atoms with Crippen LogP contribution < -0.4 is 0 Å². The molecule has 0 aliphatic carbocycles. The predicted molar refractivity (Wildman–Crippen MR) is 97.6 cm³/mol. The standard InChI is InChI=1S/C18H26N6O3/c1-12-7-13(2)24(19-12)11-18(27)22-5-6-23-14(10-22)8-15(20-23)16(25)9-17(26)21(3)4/h7-8,16,25H,5-6,9-11H2,1-4H3/t16-/m1/s1. The Hall–Kier alpha value is -2.68. The predicted octanol–water partition coefficient (Wildman–Crippen LogP) is 0.251. The number of rotatable bonds is 5. The molecule has 27 heavy (non-hydrogen) atoms. The van der Waals surface area contributed by atoms with Crippen molar-refractivity contribution in [3.63, 3.8) is 0 Å². The van der Waals surface area contributed by atoms with Gasteiger partial charge in [-0.2, -0.15) is 10.2 Å². The molecule has 0 unspecified atom stereocenters. The lowest BCUT2D eigenvalue weighted by Gasteiger charge is -2.27. The Balaban J connectivity index is 1.66. The van der Waals surface area contributed by atoms with Crippen molar-refractivity contribution in [1.82, 2.24) is 29.4 Å². The molecule has 3 heterocycles. The van der Waals surface area contributed by atoms with E-state index in [0.29, 0.717) is 25.3 Å². The average molecular weight is 374 g/mol. The number of hydrogen-bond acceptors (Lipinski definition) is 5. The monoisotopic (exact) mass is 374 g/mol. The quantitative estimate of drug-likeness (QED) is 0.809. The summed E-state index contributed by atoms with van der Waals surface area (Å²) in [6.45, 7) is 5.59. The Morgan fingerprint density at radius 3 is 2.59 bits per heavy atom. The van der Waals surface area contributed by atoms with Gasteiger partial charge >= 0.3 is 0 Å². The minimum absolute atomic E-state index is 0.00136. The Kier molecular flexibility index (Phi) is 5.31. The van der Waals surface area contributed by atoms with Crippen LogP contribution in [0.4, 0.5) is 0 Å². The summed E-state index contributed by atoms with van der Waals surface area (Å²) < 4.78 is 3.51. The number of hydrogen-bond donors (Lipinski definition) is 1. The molecule has 0 spiro atoms. The van der Waals surface area contributed by atoms with E-state index >= 15 is 0 Å². The molecule has 1 N–H and O–H groups in total. The van der Waals surface area contributed by atoms with E-state index in [1.54, 1.807) is 34.4 Å². The third-order valence-corrected chi connectivity index (χ3v) is 4.77. The van der Waals surface area contributed by atoms with Crippen molar-refractivity contribution in [2.24, 2.45) is 0 Å². The van der Waals surface area contributed by atoms with E-state index in [2.05, 4.69) is 10.2 Å². The molecule has 0 saturated carbocycles. The highest BCUT2D eigenvalue weighted by molar-refractivity contribution is 5.76. The molecule has 0 aromatic carbocycles. The van der Waals surface area contributed by atoms with E-state index in [1.807, 2.05) is 19.9 Å². The number of aryl methyl sites for hydroxylation is 2. The molecule has 0 saturated heterocycles. The van der Waals surface area contributed by atoms with Crippen molar-refractivity contribution in [3.05, 3.63) is 34.9 Å². The van der Waals surface area contributed by atoms with Gasteiger partial charge in [-0.05, 0) is 26.0 Å². The van der Waals surface area contributed by atoms with E-state index in [9.17, 15) is 14.7 Å². The van der Waals surface area contributed by atoms with Crippen LogP contribution in [0.3, 0.4) is 0 Å². The lowest BCUT2D eigenvalue weighted by Crippen LogP contribution is -2.40. The van der Waals surface area contributed by atoms with E-state index in [1.165, 1.54) is 4.90 Å². The van der Waals surface area contributed by atoms with Crippen LogP contribution in [0, 0.1) is 13.8 Å². The van der Waals surface area contributed by atoms with Crippen LogP contribution in [0.25, 0.3) is 0 Å². The summed E-state index contributed by atoms with van der Waals surface area (Å²) in [6.07, 6.45) is -0.957. The van der Waals surface area contributed by atoms with Gasteiger partial charge in [0, 0.05) is 26.3 Å². The molecule has 1 aliphatic heterocycles. The van der Waals surface area contributed by atoms with Crippen molar-refractivity contribution >= 4 is 11.8 Å². The first-order chi connectivity index (χ1) is 12.7. The number of carbonyl (C=O) groups is 2. The summed E-state index contributed by atoms with van der Waals surface area (Å²) >= 11 is 0. The highest BCUT2D eigenvalue weighted by atomic mass is 16.3.